The van der Waals surface area contributed by atoms with Crippen molar-refractivity contribution >= 4 is 5.97 Å². The van der Waals surface area contributed by atoms with Crippen LogP contribution in [0.15, 0.2) is 11.6 Å². The van der Waals surface area contributed by atoms with Crippen molar-refractivity contribution in [2.75, 3.05) is 33.0 Å². The molecule has 4 saturated carbocycles. The van der Waals surface area contributed by atoms with Crippen molar-refractivity contribution in [3.05, 3.63) is 11.6 Å². The van der Waals surface area contributed by atoms with Gasteiger partial charge in [0.05, 0.1) is 50.7 Å². The third kappa shape index (κ3) is 10.5. The van der Waals surface area contributed by atoms with Crippen molar-refractivity contribution in [2.24, 2.45) is 50.2 Å². The number of hydrogen-bond acceptors (Lipinski definition) is 24. The number of allylic oxidation sites excluding steroid dienone is 2. The van der Waals surface area contributed by atoms with E-state index in [-0.39, 0.29) is 52.6 Å². The second kappa shape index (κ2) is 23.3. The van der Waals surface area contributed by atoms with Gasteiger partial charge in [0, 0.05) is 5.41 Å². The summed E-state index contributed by atoms with van der Waals surface area (Å²) in [6.07, 6.45) is -27.4. The topological polar surface area (TPSA) is 393 Å². The zero-order valence-electron chi connectivity index (χ0n) is 47.9. The van der Waals surface area contributed by atoms with Crippen LogP contribution in [-0.4, -0.2) is 252 Å². The lowest BCUT2D eigenvalue weighted by Gasteiger charge is -2.71. The maximum Gasteiger partial charge on any atom is 0.310 e. The average molecular weight is 1180 g/mol. The molecule has 0 aromatic carbocycles. The van der Waals surface area contributed by atoms with E-state index in [2.05, 4.69) is 40.7 Å². The molecule has 0 amide bonds. The van der Waals surface area contributed by atoms with Gasteiger partial charge in [-0.3, -0.25) is 4.79 Å². The molecule has 5 aliphatic carbocycles. The third-order valence-corrected chi connectivity index (χ3v) is 22.5. The molecule has 0 bridgehead atoms. The van der Waals surface area contributed by atoms with E-state index in [1.807, 2.05) is 6.92 Å². The van der Waals surface area contributed by atoms with Crippen LogP contribution in [0.1, 0.15) is 113 Å². The zero-order valence-corrected chi connectivity index (χ0v) is 47.9. The number of carbonyl (C=O) groups is 1. The van der Waals surface area contributed by atoms with Crippen LogP contribution in [0.4, 0.5) is 0 Å². The molecule has 0 radical (unpaired) electrons. The number of aliphatic hydroxyl groups excluding tert-OH is 13. The fraction of sp³-hybridized carbons (Fsp3) is 0.947. The Kier molecular flexibility index (Phi) is 18.0. The Morgan fingerprint density at radius 3 is 1.80 bits per heavy atom. The largest absolute Gasteiger partial charge is 0.481 e. The van der Waals surface area contributed by atoms with E-state index in [9.17, 15) is 76.3 Å². The Morgan fingerprint density at radius 1 is 0.561 bits per heavy atom. The van der Waals surface area contributed by atoms with Crippen LogP contribution in [0.25, 0.3) is 0 Å². The summed E-state index contributed by atoms with van der Waals surface area (Å²) in [7, 11) is 0. The van der Waals surface area contributed by atoms with E-state index in [1.54, 1.807) is 0 Å². The van der Waals surface area contributed by atoms with Gasteiger partial charge < -0.3 is 119 Å². The van der Waals surface area contributed by atoms with E-state index >= 15 is 0 Å². The van der Waals surface area contributed by atoms with Gasteiger partial charge in [0.25, 0.3) is 0 Å². The Bertz CT molecular complexity index is 2280. The summed E-state index contributed by atoms with van der Waals surface area (Å²) in [6.45, 7) is 12.7. The van der Waals surface area contributed by atoms with Gasteiger partial charge in [0.2, 0.25) is 0 Å². The van der Waals surface area contributed by atoms with E-state index < -0.39 is 178 Å². The highest BCUT2D eigenvalue weighted by molar-refractivity contribution is 5.76. The first-order valence-corrected chi connectivity index (χ1v) is 29.6. The SMILES string of the molecule is CC1OC(OC2C(OC3CCC4(C)C(CCC5(C)C4CC=C4C6CC(C)(C)CCC6(C(=O)O)CCC45C)C3(C)CO)OCC(O)C2O)C(O)C(OC2OC(CO)C(OC3OCC(O)C(OC4OCC(O)C(O)C4O)C3O)C(O)C2O)C1O. The number of rotatable bonds is 13. The highest BCUT2D eigenvalue weighted by Crippen LogP contribution is 2.76. The van der Waals surface area contributed by atoms with Gasteiger partial charge in [-0.05, 0) is 111 Å². The Morgan fingerprint density at radius 2 is 1.13 bits per heavy atom. The van der Waals surface area contributed by atoms with Crippen LogP contribution in [0.2, 0.25) is 0 Å². The van der Waals surface area contributed by atoms with Gasteiger partial charge in [-0.15, -0.1) is 0 Å². The lowest BCUT2D eigenvalue weighted by atomic mass is 9.33. The fourth-order valence-corrected chi connectivity index (χ4v) is 17.2. The van der Waals surface area contributed by atoms with Crippen molar-refractivity contribution in [3.8, 4) is 0 Å². The third-order valence-electron chi connectivity index (χ3n) is 22.5. The molecule has 0 aromatic rings. The van der Waals surface area contributed by atoms with Gasteiger partial charge in [-0.25, -0.2) is 0 Å². The summed E-state index contributed by atoms with van der Waals surface area (Å²) in [6, 6.07) is 0. The standard InChI is InChI=1S/C57H92O25/c1-24-34(63)44(81-48-39(68)37(66)43(30(19-58)77-48)80-47-40(69)42(29(62)22-74-47)79-46-38(67)35(64)27(60)20-73-46)41(70)49(76-24)82-45-36(65)28(61)21-75-50(45)78-33-11-12-53(4)31(54(33,5)23-59)10-13-56(7)32(53)9-8-25-26-18-52(2,3)14-16-57(26,51(71)72)17-15-55(25,56)6/h8,24,26-50,58-70H,9-23H2,1-7H3,(H,71,72). The molecule has 31 atom stereocenters. The maximum atomic E-state index is 13.2. The molecular formula is C57H92O25. The minimum atomic E-state index is -2.04. The Labute approximate surface area is 477 Å². The van der Waals surface area contributed by atoms with Crippen LogP contribution in [0, 0.1) is 50.2 Å². The molecule has 470 valence electrons. The molecule has 9 fully saturated rings. The Balaban J connectivity index is 0.811. The minimum absolute atomic E-state index is 0.0276. The number of fused-ring (bicyclic) bond motifs is 7. The van der Waals surface area contributed by atoms with E-state index in [0.717, 1.165) is 44.9 Å². The van der Waals surface area contributed by atoms with Gasteiger partial charge >= 0.3 is 5.97 Å². The van der Waals surface area contributed by atoms with Gasteiger partial charge in [0.1, 0.15) is 97.7 Å². The summed E-state index contributed by atoms with van der Waals surface area (Å²) < 4.78 is 59.1. The van der Waals surface area contributed by atoms with Gasteiger partial charge in [0.15, 0.2) is 31.5 Å². The molecule has 14 N–H and O–H groups in total. The van der Waals surface area contributed by atoms with Crippen molar-refractivity contribution in [1.29, 1.82) is 0 Å². The van der Waals surface area contributed by atoms with Crippen molar-refractivity contribution in [2.45, 2.75) is 254 Å². The molecule has 0 spiro atoms. The van der Waals surface area contributed by atoms with E-state index in [0.29, 0.717) is 19.3 Å². The van der Waals surface area contributed by atoms with E-state index in [4.69, 9.17) is 47.4 Å². The highest BCUT2D eigenvalue weighted by Gasteiger charge is 2.70. The molecule has 82 heavy (non-hydrogen) atoms. The number of aliphatic hydroxyl groups is 13. The van der Waals surface area contributed by atoms with Gasteiger partial charge in [-0.1, -0.05) is 53.2 Å². The van der Waals surface area contributed by atoms with Crippen LogP contribution in [0.5, 0.6) is 0 Å². The molecule has 10 rings (SSSR count). The van der Waals surface area contributed by atoms with Gasteiger partial charge in [-0.2, -0.15) is 0 Å². The van der Waals surface area contributed by atoms with Crippen molar-refractivity contribution in [1.82, 2.24) is 0 Å². The number of aliphatic carboxylic acids is 1. The van der Waals surface area contributed by atoms with E-state index in [1.165, 1.54) is 12.5 Å². The lowest BCUT2D eigenvalue weighted by Crippen LogP contribution is -2.67. The normalized spacial score (nSPS) is 55.0. The second-order valence-corrected chi connectivity index (χ2v) is 27.6. The highest BCUT2D eigenvalue weighted by atomic mass is 16.8. The first-order valence-electron chi connectivity index (χ1n) is 29.6. The molecular weight excluding hydrogens is 1080 g/mol. The summed E-state index contributed by atoms with van der Waals surface area (Å²) in [5.74, 6) is -0.550. The smallest absolute Gasteiger partial charge is 0.310 e. The summed E-state index contributed by atoms with van der Waals surface area (Å²) >= 11 is 0. The summed E-state index contributed by atoms with van der Waals surface area (Å²) in [4.78, 5) is 13.2. The zero-order chi connectivity index (χ0) is 59.6. The van der Waals surface area contributed by atoms with Crippen molar-refractivity contribution < 1.29 is 124 Å². The predicted molar refractivity (Wildman–Crippen MR) is 278 cm³/mol. The lowest BCUT2D eigenvalue weighted by molar-refractivity contribution is -0.390. The molecule has 25 nitrogen and oxygen atoms in total. The number of carboxylic acid groups (broad SMARTS) is 1. The predicted octanol–water partition coefficient (Wildman–Crippen LogP) is -1.73. The Hall–Kier alpha value is -1.71. The second-order valence-electron chi connectivity index (χ2n) is 27.6. The average Bonchev–Trinajstić information content (AvgIpc) is 3.42. The van der Waals surface area contributed by atoms with Crippen molar-refractivity contribution in [3.63, 3.8) is 0 Å². The first kappa shape index (κ1) is 63.3. The molecule has 10 aliphatic rings. The quantitative estimate of drug-likeness (QED) is 0.0720. The fourth-order valence-electron chi connectivity index (χ4n) is 17.2. The molecule has 31 unspecified atom stereocenters. The minimum Gasteiger partial charge on any atom is -0.481 e. The first-order chi connectivity index (χ1) is 38.5. The number of hydrogen-bond donors (Lipinski definition) is 14. The summed E-state index contributed by atoms with van der Waals surface area (Å²) in [5, 5.41) is 154. The molecule has 5 saturated heterocycles. The number of carboxylic acids is 1. The van der Waals surface area contributed by atoms with Crippen LogP contribution in [0.3, 0.4) is 0 Å². The summed E-state index contributed by atoms with van der Waals surface area (Å²) in [5.41, 5.74) is -0.910. The van der Waals surface area contributed by atoms with Crippen LogP contribution >= 0.6 is 0 Å². The number of ether oxygens (including phenoxy) is 10. The monoisotopic (exact) mass is 1180 g/mol. The molecule has 5 aliphatic heterocycles. The van der Waals surface area contributed by atoms with Crippen LogP contribution < -0.4 is 0 Å². The molecule has 0 aromatic heterocycles. The van der Waals surface area contributed by atoms with Crippen LogP contribution in [-0.2, 0) is 52.2 Å². The molecule has 5 heterocycles. The maximum absolute atomic E-state index is 13.2. The molecule has 25 heteroatoms.